The highest BCUT2D eigenvalue weighted by Gasteiger charge is 2.30. The minimum absolute atomic E-state index is 0.0107. The lowest BCUT2D eigenvalue weighted by molar-refractivity contribution is -0.135. The highest BCUT2D eigenvalue weighted by Crippen LogP contribution is 2.35. The predicted octanol–water partition coefficient (Wildman–Crippen LogP) is 3.24. The van der Waals surface area contributed by atoms with Gasteiger partial charge in [-0.3, -0.25) is 9.59 Å². The molecule has 1 heterocycles. The van der Waals surface area contributed by atoms with E-state index in [1.165, 1.54) is 0 Å². The number of carbonyl (C=O) groups excluding carboxylic acids is 2. The van der Waals surface area contributed by atoms with Gasteiger partial charge in [-0.25, -0.2) is 0 Å². The number of piperazine rings is 1. The van der Waals surface area contributed by atoms with Crippen LogP contribution in [-0.4, -0.2) is 54.9 Å². The van der Waals surface area contributed by atoms with Gasteiger partial charge in [0, 0.05) is 37.7 Å². The number of hydrogen-bond donors (Lipinski definition) is 0. The summed E-state index contributed by atoms with van der Waals surface area (Å²) in [5.41, 5.74) is 2.58. The van der Waals surface area contributed by atoms with E-state index in [0.29, 0.717) is 37.5 Å². The van der Waals surface area contributed by atoms with Gasteiger partial charge in [-0.1, -0.05) is 40.7 Å². The van der Waals surface area contributed by atoms with Crippen molar-refractivity contribution in [3.8, 4) is 5.75 Å². The molecule has 2 amide bonds. The Kier molecular flexibility index (Phi) is 5.99. The Hall–Kier alpha value is -2.04. The van der Waals surface area contributed by atoms with Crippen molar-refractivity contribution in [2.75, 3.05) is 33.3 Å². The zero-order valence-electron chi connectivity index (χ0n) is 17.2. The third-order valence-electron chi connectivity index (χ3n) is 4.85. The van der Waals surface area contributed by atoms with Crippen molar-refractivity contribution in [1.82, 2.24) is 9.80 Å². The van der Waals surface area contributed by atoms with E-state index < -0.39 is 0 Å². The van der Waals surface area contributed by atoms with Crippen LogP contribution in [0.1, 0.15) is 56.1 Å². The average molecular weight is 360 g/mol. The molecule has 0 unspecified atom stereocenters. The molecule has 0 atom stereocenters. The Morgan fingerprint density at radius 1 is 1.04 bits per heavy atom. The van der Waals surface area contributed by atoms with Gasteiger partial charge in [0.2, 0.25) is 5.91 Å². The fourth-order valence-electron chi connectivity index (χ4n) is 3.37. The first-order valence-corrected chi connectivity index (χ1v) is 9.33. The quantitative estimate of drug-likeness (QED) is 0.831. The summed E-state index contributed by atoms with van der Waals surface area (Å²) in [5, 5.41) is 0. The molecule has 26 heavy (non-hydrogen) atoms. The van der Waals surface area contributed by atoms with E-state index in [2.05, 4.69) is 26.8 Å². The number of hydrogen-bond acceptors (Lipinski definition) is 3. The summed E-state index contributed by atoms with van der Waals surface area (Å²) in [5.74, 6) is 0.783. The van der Waals surface area contributed by atoms with E-state index in [4.69, 9.17) is 4.74 Å². The zero-order valence-corrected chi connectivity index (χ0v) is 17.2. The topological polar surface area (TPSA) is 49.9 Å². The van der Waals surface area contributed by atoms with Gasteiger partial charge in [0.15, 0.2) is 0 Å². The fourth-order valence-corrected chi connectivity index (χ4v) is 3.37. The third-order valence-corrected chi connectivity index (χ3v) is 4.85. The maximum Gasteiger partial charge on any atom is 0.257 e. The third kappa shape index (κ3) is 4.19. The molecule has 0 aliphatic carbocycles. The lowest BCUT2D eigenvalue weighted by atomic mass is 9.84. The fraction of sp³-hybridized carbons (Fsp3) is 0.619. The van der Waals surface area contributed by atoms with Gasteiger partial charge >= 0.3 is 0 Å². The Bertz CT molecular complexity index is 681. The van der Waals surface area contributed by atoms with Crippen LogP contribution in [0.25, 0.3) is 0 Å². The standard InChI is InChI=1S/C21H32N2O3/c1-14(2)19(24)22-8-10-23(11-9-22)20(25)16-12-15(3)13-17(18(16)26-7)21(4,5)6/h12-14H,8-11H2,1-7H3. The number of nitrogens with zero attached hydrogens (tertiary/aromatic N) is 2. The van der Waals surface area contributed by atoms with Crippen LogP contribution >= 0.6 is 0 Å². The monoisotopic (exact) mass is 360 g/mol. The smallest absolute Gasteiger partial charge is 0.257 e. The Balaban J connectivity index is 2.26. The number of benzene rings is 1. The maximum absolute atomic E-state index is 13.2. The van der Waals surface area contributed by atoms with Crippen LogP contribution in [0, 0.1) is 12.8 Å². The predicted molar refractivity (Wildman–Crippen MR) is 104 cm³/mol. The summed E-state index contributed by atoms with van der Waals surface area (Å²) < 4.78 is 5.65. The SMILES string of the molecule is COc1c(C(=O)N2CCN(C(=O)C(C)C)CC2)cc(C)cc1C(C)(C)C. The van der Waals surface area contributed by atoms with Crippen LogP contribution in [0.15, 0.2) is 12.1 Å². The van der Waals surface area contributed by atoms with Crippen molar-refractivity contribution in [1.29, 1.82) is 0 Å². The first kappa shape index (κ1) is 20.3. The molecule has 1 aromatic carbocycles. The van der Waals surface area contributed by atoms with Crippen molar-refractivity contribution in [2.45, 2.75) is 47.0 Å². The van der Waals surface area contributed by atoms with Gasteiger partial charge in [-0.15, -0.1) is 0 Å². The summed E-state index contributed by atoms with van der Waals surface area (Å²) in [7, 11) is 1.62. The van der Waals surface area contributed by atoms with Crippen molar-refractivity contribution in [3.63, 3.8) is 0 Å². The number of carbonyl (C=O) groups is 2. The van der Waals surface area contributed by atoms with Crippen LogP contribution in [0.5, 0.6) is 5.75 Å². The first-order valence-electron chi connectivity index (χ1n) is 9.33. The molecule has 2 rings (SSSR count). The number of aryl methyl sites for hydroxylation is 1. The highest BCUT2D eigenvalue weighted by molar-refractivity contribution is 5.98. The van der Waals surface area contributed by atoms with Crippen LogP contribution in [0.2, 0.25) is 0 Å². The second kappa shape index (κ2) is 7.68. The maximum atomic E-state index is 13.2. The molecule has 1 aromatic rings. The molecule has 0 aromatic heterocycles. The van der Waals surface area contributed by atoms with Crippen LogP contribution < -0.4 is 4.74 Å². The summed E-state index contributed by atoms with van der Waals surface area (Å²) >= 11 is 0. The van der Waals surface area contributed by atoms with Crippen molar-refractivity contribution in [3.05, 3.63) is 28.8 Å². The minimum atomic E-state index is -0.116. The van der Waals surface area contributed by atoms with Crippen LogP contribution in [0.3, 0.4) is 0 Å². The lowest BCUT2D eigenvalue weighted by Crippen LogP contribution is -2.51. The molecule has 0 spiro atoms. The van der Waals surface area contributed by atoms with Crippen molar-refractivity contribution >= 4 is 11.8 Å². The molecule has 5 nitrogen and oxygen atoms in total. The van der Waals surface area contributed by atoms with Gasteiger partial charge in [-0.05, 0) is 24.0 Å². The Morgan fingerprint density at radius 2 is 1.58 bits per heavy atom. The highest BCUT2D eigenvalue weighted by atomic mass is 16.5. The second-order valence-corrected chi connectivity index (χ2v) is 8.42. The number of amides is 2. The van der Waals surface area contributed by atoms with E-state index in [0.717, 1.165) is 11.1 Å². The number of methoxy groups -OCH3 is 1. The van der Waals surface area contributed by atoms with E-state index >= 15 is 0 Å². The van der Waals surface area contributed by atoms with Gasteiger partial charge in [0.05, 0.1) is 12.7 Å². The molecule has 0 bridgehead atoms. The molecule has 144 valence electrons. The Labute approximate surface area is 157 Å². The van der Waals surface area contributed by atoms with E-state index in [-0.39, 0.29) is 23.1 Å². The average Bonchev–Trinajstić information content (AvgIpc) is 2.59. The molecule has 0 saturated carbocycles. The summed E-state index contributed by atoms with van der Waals surface area (Å²) in [6.45, 7) is 14.5. The summed E-state index contributed by atoms with van der Waals surface area (Å²) in [6.07, 6.45) is 0. The van der Waals surface area contributed by atoms with Gasteiger partial charge in [0.25, 0.3) is 5.91 Å². The largest absolute Gasteiger partial charge is 0.496 e. The van der Waals surface area contributed by atoms with E-state index in [1.807, 2.05) is 36.6 Å². The summed E-state index contributed by atoms with van der Waals surface area (Å²) in [4.78, 5) is 29.0. The zero-order chi connectivity index (χ0) is 19.6. The summed E-state index contributed by atoms with van der Waals surface area (Å²) in [6, 6.07) is 4.00. The number of rotatable bonds is 3. The lowest BCUT2D eigenvalue weighted by Gasteiger charge is -2.36. The normalized spacial score (nSPS) is 15.4. The Morgan fingerprint density at radius 3 is 2.04 bits per heavy atom. The van der Waals surface area contributed by atoms with Crippen molar-refractivity contribution < 1.29 is 14.3 Å². The number of ether oxygens (including phenoxy) is 1. The molecule has 5 heteroatoms. The minimum Gasteiger partial charge on any atom is -0.496 e. The van der Waals surface area contributed by atoms with Gasteiger partial charge in [0.1, 0.15) is 5.75 Å². The molecule has 1 aliphatic rings. The molecule has 1 fully saturated rings. The molecular formula is C21H32N2O3. The van der Waals surface area contributed by atoms with Gasteiger partial charge < -0.3 is 14.5 Å². The first-order chi connectivity index (χ1) is 12.1. The van der Waals surface area contributed by atoms with E-state index in [9.17, 15) is 9.59 Å². The molecule has 1 aliphatic heterocycles. The molecule has 0 N–H and O–H groups in total. The second-order valence-electron chi connectivity index (χ2n) is 8.42. The van der Waals surface area contributed by atoms with Crippen molar-refractivity contribution in [2.24, 2.45) is 5.92 Å². The molecule has 0 radical (unpaired) electrons. The van der Waals surface area contributed by atoms with Gasteiger partial charge in [-0.2, -0.15) is 0 Å². The van der Waals surface area contributed by atoms with Crippen LogP contribution in [-0.2, 0) is 10.2 Å². The van der Waals surface area contributed by atoms with Crippen LogP contribution in [0.4, 0.5) is 0 Å². The van der Waals surface area contributed by atoms with E-state index in [1.54, 1.807) is 7.11 Å². The molecule has 1 saturated heterocycles. The molecular weight excluding hydrogens is 328 g/mol.